The molecule has 1 fully saturated rings. The SMILES string of the molecule is CC1CN(C(=O)Cc2cc(F)ccc2F)CCN1.Cl. The van der Waals surface area contributed by atoms with Gasteiger partial charge in [-0.15, -0.1) is 12.4 Å². The average molecular weight is 291 g/mol. The van der Waals surface area contributed by atoms with E-state index in [0.29, 0.717) is 13.1 Å². The average Bonchev–Trinajstić information content (AvgIpc) is 2.34. The number of amides is 1. The molecule has 1 N–H and O–H groups in total. The van der Waals surface area contributed by atoms with Crippen molar-refractivity contribution in [2.24, 2.45) is 0 Å². The highest BCUT2D eigenvalue weighted by atomic mass is 35.5. The van der Waals surface area contributed by atoms with Gasteiger partial charge in [0.25, 0.3) is 0 Å². The molecule has 1 amide bonds. The summed E-state index contributed by atoms with van der Waals surface area (Å²) in [4.78, 5) is 13.7. The fraction of sp³-hybridized carbons (Fsp3) is 0.462. The quantitative estimate of drug-likeness (QED) is 0.900. The number of piperazine rings is 1. The molecular weight excluding hydrogens is 274 g/mol. The van der Waals surface area contributed by atoms with E-state index in [1.807, 2.05) is 6.92 Å². The van der Waals surface area contributed by atoms with E-state index in [2.05, 4.69) is 5.32 Å². The fourth-order valence-electron chi connectivity index (χ4n) is 2.11. The largest absolute Gasteiger partial charge is 0.340 e. The molecule has 0 saturated carbocycles. The summed E-state index contributed by atoms with van der Waals surface area (Å²) in [5.74, 6) is -1.21. The van der Waals surface area contributed by atoms with Gasteiger partial charge in [0.2, 0.25) is 5.91 Å². The lowest BCUT2D eigenvalue weighted by molar-refractivity contribution is -0.131. The minimum absolute atomic E-state index is 0. The zero-order valence-corrected chi connectivity index (χ0v) is 11.5. The number of nitrogens with one attached hydrogen (secondary N) is 1. The number of benzene rings is 1. The van der Waals surface area contributed by atoms with Crippen molar-refractivity contribution in [3.05, 3.63) is 35.4 Å². The summed E-state index contributed by atoms with van der Waals surface area (Å²) in [7, 11) is 0. The van der Waals surface area contributed by atoms with Gasteiger partial charge in [-0.1, -0.05) is 0 Å². The molecule has 1 aliphatic rings. The second-order valence-corrected chi connectivity index (χ2v) is 4.61. The number of carbonyl (C=O) groups is 1. The molecule has 3 nitrogen and oxygen atoms in total. The van der Waals surface area contributed by atoms with Gasteiger partial charge in [0.05, 0.1) is 6.42 Å². The summed E-state index contributed by atoms with van der Waals surface area (Å²) < 4.78 is 26.4. The highest BCUT2D eigenvalue weighted by Crippen LogP contribution is 2.12. The van der Waals surface area contributed by atoms with Gasteiger partial charge < -0.3 is 10.2 Å². The van der Waals surface area contributed by atoms with Crippen molar-refractivity contribution in [1.82, 2.24) is 10.2 Å². The summed E-state index contributed by atoms with van der Waals surface area (Å²) in [6, 6.07) is 3.42. The fourth-order valence-corrected chi connectivity index (χ4v) is 2.11. The molecule has 0 radical (unpaired) electrons. The van der Waals surface area contributed by atoms with E-state index >= 15 is 0 Å². The van der Waals surface area contributed by atoms with E-state index in [0.717, 1.165) is 24.7 Å². The van der Waals surface area contributed by atoms with E-state index < -0.39 is 11.6 Å². The molecule has 0 aliphatic carbocycles. The first kappa shape index (κ1) is 15.9. The van der Waals surface area contributed by atoms with Crippen LogP contribution < -0.4 is 5.32 Å². The number of hydrogen-bond acceptors (Lipinski definition) is 2. The van der Waals surface area contributed by atoms with Crippen molar-refractivity contribution in [2.45, 2.75) is 19.4 Å². The lowest BCUT2D eigenvalue weighted by Gasteiger charge is -2.32. The van der Waals surface area contributed by atoms with E-state index in [-0.39, 0.29) is 36.3 Å². The Morgan fingerprint density at radius 1 is 1.47 bits per heavy atom. The second kappa shape index (κ2) is 6.82. The van der Waals surface area contributed by atoms with Gasteiger partial charge in [0, 0.05) is 31.2 Å². The summed E-state index contributed by atoms with van der Waals surface area (Å²) in [6.07, 6.45) is -0.0870. The van der Waals surface area contributed by atoms with Crippen molar-refractivity contribution < 1.29 is 13.6 Å². The zero-order chi connectivity index (χ0) is 13.1. The van der Waals surface area contributed by atoms with Crippen LogP contribution in [0.3, 0.4) is 0 Å². The maximum Gasteiger partial charge on any atom is 0.227 e. The number of carbonyl (C=O) groups excluding carboxylic acids is 1. The highest BCUT2D eigenvalue weighted by Gasteiger charge is 2.21. The first-order valence-electron chi connectivity index (χ1n) is 6.01. The van der Waals surface area contributed by atoms with Gasteiger partial charge in [-0.2, -0.15) is 0 Å². The highest BCUT2D eigenvalue weighted by molar-refractivity contribution is 5.85. The Hall–Kier alpha value is -1.20. The molecule has 0 bridgehead atoms. The van der Waals surface area contributed by atoms with Crippen LogP contribution in [0.2, 0.25) is 0 Å². The van der Waals surface area contributed by atoms with Crippen LogP contribution in [-0.4, -0.2) is 36.5 Å². The lowest BCUT2D eigenvalue weighted by Crippen LogP contribution is -2.51. The minimum Gasteiger partial charge on any atom is -0.340 e. The molecule has 1 unspecified atom stereocenters. The summed E-state index contributed by atoms with van der Waals surface area (Å²) in [6.45, 7) is 3.94. The lowest BCUT2D eigenvalue weighted by atomic mass is 10.1. The summed E-state index contributed by atoms with van der Waals surface area (Å²) in [5.41, 5.74) is 0.117. The Morgan fingerprint density at radius 3 is 2.89 bits per heavy atom. The van der Waals surface area contributed by atoms with Crippen molar-refractivity contribution in [3.63, 3.8) is 0 Å². The first-order chi connectivity index (χ1) is 8.56. The van der Waals surface area contributed by atoms with Gasteiger partial charge in [0.15, 0.2) is 0 Å². The molecule has 1 atom stereocenters. The molecule has 19 heavy (non-hydrogen) atoms. The van der Waals surface area contributed by atoms with Crippen molar-refractivity contribution >= 4 is 18.3 Å². The predicted molar refractivity (Wildman–Crippen MR) is 71.4 cm³/mol. The molecule has 0 spiro atoms. The topological polar surface area (TPSA) is 32.3 Å². The van der Waals surface area contributed by atoms with Gasteiger partial charge in [-0.05, 0) is 25.1 Å². The Balaban J connectivity index is 0.00000180. The third-order valence-corrected chi connectivity index (χ3v) is 3.07. The van der Waals surface area contributed by atoms with Crippen molar-refractivity contribution in [1.29, 1.82) is 0 Å². The Morgan fingerprint density at radius 2 is 2.21 bits per heavy atom. The zero-order valence-electron chi connectivity index (χ0n) is 10.7. The van der Waals surface area contributed by atoms with Crippen LogP contribution in [0, 0.1) is 11.6 Å². The van der Waals surface area contributed by atoms with Crippen LogP contribution in [0.4, 0.5) is 8.78 Å². The molecule has 1 aromatic rings. The standard InChI is InChI=1S/C13H16F2N2O.ClH/c1-9-8-17(5-4-16-9)13(18)7-10-6-11(14)2-3-12(10)15;/h2-3,6,9,16H,4-5,7-8H2,1H3;1H. The van der Waals surface area contributed by atoms with Crippen LogP contribution >= 0.6 is 12.4 Å². The van der Waals surface area contributed by atoms with Crippen LogP contribution in [0.5, 0.6) is 0 Å². The maximum atomic E-state index is 13.4. The van der Waals surface area contributed by atoms with Gasteiger partial charge in [-0.25, -0.2) is 8.78 Å². The van der Waals surface area contributed by atoms with Crippen molar-refractivity contribution in [3.8, 4) is 0 Å². The minimum atomic E-state index is -0.534. The van der Waals surface area contributed by atoms with Crippen LogP contribution in [0.25, 0.3) is 0 Å². The Bertz CT molecular complexity index is 456. The third kappa shape index (κ3) is 4.14. The molecule has 2 rings (SSSR count). The van der Waals surface area contributed by atoms with Crippen LogP contribution in [0.1, 0.15) is 12.5 Å². The van der Waals surface area contributed by atoms with E-state index in [1.54, 1.807) is 4.90 Å². The monoisotopic (exact) mass is 290 g/mol. The second-order valence-electron chi connectivity index (χ2n) is 4.61. The molecule has 1 aromatic carbocycles. The molecule has 106 valence electrons. The number of halogens is 3. The van der Waals surface area contributed by atoms with E-state index in [9.17, 15) is 13.6 Å². The maximum absolute atomic E-state index is 13.4. The predicted octanol–water partition coefficient (Wildman–Crippen LogP) is 1.75. The Kier molecular flexibility index (Phi) is 5.69. The molecule has 6 heteroatoms. The van der Waals surface area contributed by atoms with Gasteiger partial charge in [-0.3, -0.25) is 4.79 Å². The molecule has 1 saturated heterocycles. The number of nitrogens with zero attached hydrogens (tertiary/aromatic N) is 1. The Labute approximate surface area is 117 Å². The van der Waals surface area contributed by atoms with Crippen LogP contribution in [-0.2, 0) is 11.2 Å². The van der Waals surface area contributed by atoms with Crippen molar-refractivity contribution in [2.75, 3.05) is 19.6 Å². The number of rotatable bonds is 2. The molecule has 0 aromatic heterocycles. The summed E-state index contributed by atoms with van der Waals surface area (Å²) in [5, 5.41) is 3.22. The smallest absolute Gasteiger partial charge is 0.227 e. The molecule has 1 heterocycles. The van der Waals surface area contributed by atoms with Crippen LogP contribution in [0.15, 0.2) is 18.2 Å². The molecule has 1 aliphatic heterocycles. The number of hydrogen-bond donors (Lipinski definition) is 1. The normalized spacial score (nSPS) is 18.9. The first-order valence-corrected chi connectivity index (χ1v) is 6.01. The van der Waals surface area contributed by atoms with Gasteiger partial charge in [0.1, 0.15) is 11.6 Å². The van der Waals surface area contributed by atoms with E-state index in [1.165, 1.54) is 0 Å². The third-order valence-electron chi connectivity index (χ3n) is 3.07. The van der Waals surface area contributed by atoms with Gasteiger partial charge >= 0.3 is 0 Å². The van der Waals surface area contributed by atoms with E-state index in [4.69, 9.17) is 0 Å². The molecular formula is C13H17ClF2N2O. The summed E-state index contributed by atoms with van der Waals surface area (Å²) >= 11 is 0.